The second-order valence-corrected chi connectivity index (χ2v) is 4.96. The van der Waals surface area contributed by atoms with Crippen LogP contribution in [0.5, 0.6) is 5.75 Å². The lowest BCUT2D eigenvalue weighted by Crippen LogP contribution is -2.23. The summed E-state index contributed by atoms with van der Waals surface area (Å²) in [5.41, 5.74) is 0.861. The van der Waals surface area contributed by atoms with Crippen LogP contribution in [-0.2, 0) is 16.1 Å². The highest BCUT2D eigenvalue weighted by Gasteiger charge is 2.26. The summed E-state index contributed by atoms with van der Waals surface area (Å²) in [6.07, 6.45) is 3.37. The predicted molar refractivity (Wildman–Crippen MR) is 87.4 cm³/mol. The molecule has 5 nitrogen and oxygen atoms in total. The zero-order valence-corrected chi connectivity index (χ0v) is 13.0. The fourth-order valence-corrected chi connectivity index (χ4v) is 2.30. The van der Waals surface area contributed by atoms with E-state index in [1.54, 1.807) is 12.1 Å². The zero-order chi connectivity index (χ0) is 16.7. The molecule has 5 heteroatoms. The molecular formula is C18H19NO4. The number of rotatable bonds is 7. The molecular weight excluding hydrogens is 294 g/mol. The fourth-order valence-electron chi connectivity index (χ4n) is 2.30. The molecule has 0 aliphatic carbocycles. The van der Waals surface area contributed by atoms with Crippen molar-refractivity contribution in [3.05, 3.63) is 76.7 Å². The number of ether oxygens (including phenoxy) is 2. The highest BCUT2D eigenvalue weighted by Crippen LogP contribution is 2.27. The average molecular weight is 313 g/mol. The van der Waals surface area contributed by atoms with Gasteiger partial charge in [-0.05, 0) is 18.1 Å². The number of aromatic amines is 1. The Hall–Kier alpha value is -2.82. The Bertz CT molecular complexity index is 721. The van der Waals surface area contributed by atoms with Crippen molar-refractivity contribution in [2.24, 2.45) is 0 Å². The fraction of sp³-hybridized carbons (Fsp3) is 0.222. The third kappa shape index (κ3) is 4.10. The van der Waals surface area contributed by atoms with Crippen molar-refractivity contribution in [1.29, 1.82) is 0 Å². The number of aromatic nitrogens is 1. The summed E-state index contributed by atoms with van der Waals surface area (Å²) in [6.45, 7) is 3.94. The first kappa shape index (κ1) is 16.5. The van der Waals surface area contributed by atoms with Crippen LogP contribution in [0.15, 0.2) is 60.0 Å². The maximum Gasteiger partial charge on any atom is 0.313 e. The van der Waals surface area contributed by atoms with E-state index < -0.39 is 11.9 Å². The number of benzene rings is 1. The Morgan fingerprint density at radius 3 is 2.70 bits per heavy atom. The van der Waals surface area contributed by atoms with Gasteiger partial charge in [-0.2, -0.15) is 0 Å². The van der Waals surface area contributed by atoms with Crippen molar-refractivity contribution in [3.8, 4) is 5.75 Å². The van der Waals surface area contributed by atoms with E-state index in [1.807, 2.05) is 30.3 Å². The molecule has 0 amide bonds. The SMILES string of the molecule is C=CCC(C(=O)OC)c1c(OCc2ccccc2)cc[nH]c1=O. The summed E-state index contributed by atoms with van der Waals surface area (Å²) in [7, 11) is 1.29. The van der Waals surface area contributed by atoms with Crippen LogP contribution in [-0.4, -0.2) is 18.1 Å². The smallest absolute Gasteiger partial charge is 0.313 e. The van der Waals surface area contributed by atoms with Gasteiger partial charge >= 0.3 is 5.97 Å². The van der Waals surface area contributed by atoms with Gasteiger partial charge in [-0.25, -0.2) is 0 Å². The standard InChI is InChI=1S/C18H19NO4/c1-3-7-14(18(21)22-2)16-15(10-11-19-17(16)20)23-12-13-8-5-4-6-9-13/h3-6,8-11,14H,1,7,12H2,2H3,(H,19,20). The molecule has 1 N–H and O–H groups in total. The van der Waals surface area contributed by atoms with Crippen molar-refractivity contribution < 1.29 is 14.3 Å². The van der Waals surface area contributed by atoms with Crippen LogP contribution < -0.4 is 10.3 Å². The van der Waals surface area contributed by atoms with Gasteiger partial charge in [0.15, 0.2) is 0 Å². The van der Waals surface area contributed by atoms with E-state index in [4.69, 9.17) is 9.47 Å². The van der Waals surface area contributed by atoms with Crippen molar-refractivity contribution in [3.63, 3.8) is 0 Å². The van der Waals surface area contributed by atoms with Crippen LogP contribution in [0.1, 0.15) is 23.5 Å². The Kier molecular flexibility index (Phi) is 5.74. The lowest BCUT2D eigenvalue weighted by Gasteiger charge is -2.16. The monoisotopic (exact) mass is 313 g/mol. The van der Waals surface area contributed by atoms with Crippen molar-refractivity contribution >= 4 is 5.97 Å². The minimum absolute atomic E-state index is 0.259. The highest BCUT2D eigenvalue weighted by molar-refractivity contribution is 5.79. The number of hydrogen-bond donors (Lipinski definition) is 1. The number of carbonyl (C=O) groups is 1. The zero-order valence-electron chi connectivity index (χ0n) is 13.0. The molecule has 0 saturated carbocycles. The van der Waals surface area contributed by atoms with Crippen LogP contribution in [0.2, 0.25) is 0 Å². The van der Waals surface area contributed by atoms with E-state index in [0.717, 1.165) is 5.56 Å². The molecule has 2 rings (SSSR count). The first-order valence-electron chi connectivity index (χ1n) is 7.24. The lowest BCUT2D eigenvalue weighted by molar-refractivity contribution is -0.142. The maximum absolute atomic E-state index is 12.2. The molecule has 0 bridgehead atoms. The molecule has 0 spiro atoms. The first-order chi connectivity index (χ1) is 11.2. The normalized spacial score (nSPS) is 11.5. The maximum atomic E-state index is 12.2. The first-order valence-corrected chi connectivity index (χ1v) is 7.24. The summed E-state index contributed by atoms with van der Waals surface area (Å²) in [6, 6.07) is 11.2. The molecule has 0 fully saturated rings. The second-order valence-electron chi connectivity index (χ2n) is 4.96. The molecule has 1 heterocycles. The molecule has 1 aromatic heterocycles. The van der Waals surface area contributed by atoms with E-state index >= 15 is 0 Å². The van der Waals surface area contributed by atoms with Gasteiger partial charge in [0.1, 0.15) is 12.4 Å². The van der Waals surface area contributed by atoms with Gasteiger partial charge in [-0.1, -0.05) is 36.4 Å². The summed E-state index contributed by atoms with van der Waals surface area (Å²) in [4.78, 5) is 26.8. The highest BCUT2D eigenvalue weighted by atomic mass is 16.5. The Morgan fingerprint density at radius 2 is 2.04 bits per heavy atom. The molecule has 1 unspecified atom stereocenters. The van der Waals surface area contributed by atoms with Crippen molar-refractivity contribution in [2.45, 2.75) is 18.9 Å². The quantitative estimate of drug-likeness (QED) is 0.630. The number of H-pyrrole nitrogens is 1. The van der Waals surface area contributed by atoms with Crippen LogP contribution >= 0.6 is 0 Å². The number of carbonyl (C=O) groups excluding carboxylic acids is 1. The third-order valence-electron chi connectivity index (χ3n) is 3.43. The average Bonchev–Trinajstić information content (AvgIpc) is 2.58. The minimum Gasteiger partial charge on any atom is -0.488 e. The Morgan fingerprint density at radius 1 is 1.30 bits per heavy atom. The number of nitrogens with one attached hydrogen (secondary N) is 1. The van der Waals surface area contributed by atoms with E-state index in [9.17, 15) is 9.59 Å². The molecule has 23 heavy (non-hydrogen) atoms. The number of pyridine rings is 1. The van der Waals surface area contributed by atoms with Gasteiger partial charge in [0, 0.05) is 6.20 Å². The number of methoxy groups -OCH3 is 1. The molecule has 0 radical (unpaired) electrons. The van der Waals surface area contributed by atoms with Gasteiger partial charge in [-0.15, -0.1) is 6.58 Å². The molecule has 1 atom stereocenters. The van der Waals surface area contributed by atoms with E-state index in [1.165, 1.54) is 13.3 Å². The minimum atomic E-state index is -0.742. The predicted octanol–water partition coefficient (Wildman–Crippen LogP) is 2.79. The summed E-state index contributed by atoms with van der Waals surface area (Å²) in [5, 5.41) is 0. The lowest BCUT2D eigenvalue weighted by atomic mass is 9.96. The third-order valence-corrected chi connectivity index (χ3v) is 3.43. The van der Waals surface area contributed by atoms with Crippen molar-refractivity contribution in [1.82, 2.24) is 4.98 Å². The van der Waals surface area contributed by atoms with Gasteiger partial charge in [0.2, 0.25) is 0 Å². The van der Waals surface area contributed by atoms with Gasteiger partial charge in [0.25, 0.3) is 5.56 Å². The topological polar surface area (TPSA) is 68.4 Å². The number of esters is 1. The van der Waals surface area contributed by atoms with Crippen molar-refractivity contribution in [2.75, 3.05) is 7.11 Å². The summed E-state index contributed by atoms with van der Waals surface area (Å²) >= 11 is 0. The Balaban J connectivity index is 2.33. The molecule has 0 saturated heterocycles. The van der Waals surface area contributed by atoms with E-state index in [2.05, 4.69) is 11.6 Å². The van der Waals surface area contributed by atoms with Crippen LogP contribution in [0, 0.1) is 0 Å². The van der Waals surface area contributed by atoms with Gasteiger partial charge < -0.3 is 14.5 Å². The molecule has 0 aliphatic rings. The van der Waals surface area contributed by atoms with Crippen LogP contribution in [0.3, 0.4) is 0 Å². The van der Waals surface area contributed by atoms with Gasteiger partial charge in [-0.3, -0.25) is 9.59 Å². The van der Waals surface area contributed by atoms with E-state index in [-0.39, 0.29) is 11.1 Å². The van der Waals surface area contributed by atoms with Crippen LogP contribution in [0.25, 0.3) is 0 Å². The van der Waals surface area contributed by atoms with Crippen LogP contribution in [0.4, 0.5) is 0 Å². The molecule has 0 aliphatic heterocycles. The Labute approximate surface area is 134 Å². The summed E-state index contributed by atoms with van der Waals surface area (Å²) in [5.74, 6) is -0.866. The molecule has 120 valence electrons. The molecule has 1 aromatic carbocycles. The van der Waals surface area contributed by atoms with Gasteiger partial charge in [0.05, 0.1) is 18.6 Å². The molecule has 2 aromatic rings. The number of hydrogen-bond acceptors (Lipinski definition) is 4. The van der Waals surface area contributed by atoms with E-state index in [0.29, 0.717) is 18.8 Å². The summed E-state index contributed by atoms with van der Waals surface area (Å²) < 4.78 is 10.6. The largest absolute Gasteiger partial charge is 0.488 e. The number of allylic oxidation sites excluding steroid dienone is 1. The second kappa shape index (κ2) is 7.98.